The van der Waals surface area contributed by atoms with Crippen LogP contribution in [0.2, 0.25) is 0 Å². The number of nitro benzene ring substituents is 1. The molecule has 1 aliphatic carbocycles. The van der Waals surface area contributed by atoms with E-state index in [2.05, 4.69) is 15.9 Å². The minimum Gasteiger partial charge on any atom is -0.395 e. The van der Waals surface area contributed by atoms with Gasteiger partial charge in [-0.05, 0) is 47.3 Å². The summed E-state index contributed by atoms with van der Waals surface area (Å²) in [7, 11) is 0. The number of hydrogen-bond donors (Lipinski definition) is 1. The molecule has 0 heterocycles. The van der Waals surface area contributed by atoms with Crippen molar-refractivity contribution in [3.63, 3.8) is 0 Å². The van der Waals surface area contributed by atoms with E-state index in [-0.39, 0.29) is 36.4 Å². The first-order valence-electron chi connectivity index (χ1n) is 6.40. The normalized spacial score (nSPS) is 14.7. The van der Waals surface area contributed by atoms with Gasteiger partial charge in [0.05, 0.1) is 16.0 Å². The number of nitrogens with zero attached hydrogens (tertiary/aromatic N) is 2. The molecule has 1 aromatic carbocycles. The number of aliphatic hydroxyl groups is 1. The van der Waals surface area contributed by atoms with Crippen molar-refractivity contribution >= 4 is 27.5 Å². The third kappa shape index (κ3) is 2.99. The number of aliphatic hydroxyl groups excluding tert-OH is 1. The Labute approximate surface area is 124 Å². The molecule has 0 radical (unpaired) electrons. The van der Waals surface area contributed by atoms with Gasteiger partial charge >= 0.3 is 0 Å². The largest absolute Gasteiger partial charge is 0.395 e. The lowest BCUT2D eigenvalue weighted by molar-refractivity contribution is -0.385. The first-order chi connectivity index (χ1) is 9.54. The number of nitro groups is 1. The maximum Gasteiger partial charge on any atom is 0.284 e. The summed E-state index contributed by atoms with van der Waals surface area (Å²) in [5, 5.41) is 20.0. The molecule has 0 spiro atoms. The summed E-state index contributed by atoms with van der Waals surface area (Å²) in [6, 6.07) is 4.47. The summed E-state index contributed by atoms with van der Waals surface area (Å²) in [4.78, 5) is 24.4. The maximum absolute atomic E-state index is 12.4. The van der Waals surface area contributed by atoms with Crippen LogP contribution >= 0.6 is 15.9 Å². The van der Waals surface area contributed by atoms with E-state index in [1.165, 1.54) is 12.1 Å². The van der Waals surface area contributed by atoms with Crippen molar-refractivity contribution in [2.24, 2.45) is 0 Å². The molecule has 1 aliphatic rings. The van der Waals surface area contributed by atoms with Crippen LogP contribution in [0.15, 0.2) is 22.7 Å². The molecular formula is C13H15BrN2O4. The van der Waals surface area contributed by atoms with Gasteiger partial charge < -0.3 is 10.0 Å². The Balaban J connectivity index is 2.26. The van der Waals surface area contributed by atoms with Crippen LogP contribution in [0.5, 0.6) is 0 Å². The molecule has 0 saturated heterocycles. The van der Waals surface area contributed by atoms with E-state index in [0.717, 1.165) is 19.3 Å². The minimum absolute atomic E-state index is 0.110. The predicted molar refractivity (Wildman–Crippen MR) is 76.6 cm³/mol. The summed E-state index contributed by atoms with van der Waals surface area (Å²) in [6.07, 6.45) is 2.91. The lowest BCUT2D eigenvalue weighted by atomic mass is 9.91. The molecule has 1 saturated carbocycles. The van der Waals surface area contributed by atoms with Crippen LogP contribution < -0.4 is 0 Å². The van der Waals surface area contributed by atoms with Crippen LogP contribution in [0.4, 0.5) is 5.69 Å². The van der Waals surface area contributed by atoms with Crippen LogP contribution in [0, 0.1) is 10.1 Å². The van der Waals surface area contributed by atoms with Crippen molar-refractivity contribution in [2.45, 2.75) is 25.3 Å². The summed E-state index contributed by atoms with van der Waals surface area (Å²) < 4.78 is 0.344. The fourth-order valence-electron chi connectivity index (χ4n) is 2.21. The van der Waals surface area contributed by atoms with Crippen LogP contribution in [-0.4, -0.2) is 40.0 Å². The maximum atomic E-state index is 12.4. The topological polar surface area (TPSA) is 83.7 Å². The molecule has 1 amide bonds. The average Bonchev–Trinajstić information content (AvgIpc) is 2.35. The highest BCUT2D eigenvalue weighted by atomic mass is 79.9. The van der Waals surface area contributed by atoms with Crippen molar-refractivity contribution < 1.29 is 14.8 Å². The Morgan fingerprint density at radius 1 is 1.50 bits per heavy atom. The third-order valence-corrected chi connectivity index (χ3v) is 4.18. The zero-order valence-corrected chi connectivity index (χ0v) is 12.4. The summed E-state index contributed by atoms with van der Waals surface area (Å²) in [6.45, 7) is 0.147. The molecule has 0 atom stereocenters. The molecule has 0 aliphatic heterocycles. The lowest BCUT2D eigenvalue weighted by Gasteiger charge is -2.37. The Bertz CT molecular complexity index is 531. The van der Waals surface area contributed by atoms with E-state index < -0.39 is 4.92 Å². The summed E-state index contributed by atoms with van der Waals surface area (Å²) >= 11 is 3.10. The molecule has 0 unspecified atom stereocenters. The zero-order valence-electron chi connectivity index (χ0n) is 10.8. The average molecular weight is 343 g/mol. The SMILES string of the molecule is O=C(c1ccc(Br)c([N+](=O)[O-])c1)N(CCO)C1CCC1. The highest BCUT2D eigenvalue weighted by Crippen LogP contribution is 2.29. The Morgan fingerprint density at radius 2 is 2.20 bits per heavy atom. The van der Waals surface area contributed by atoms with Crippen molar-refractivity contribution in [1.82, 2.24) is 4.90 Å². The van der Waals surface area contributed by atoms with Crippen molar-refractivity contribution in [3.05, 3.63) is 38.3 Å². The standard InChI is InChI=1S/C13H15BrN2O4/c14-11-5-4-9(8-12(11)16(19)20)13(18)15(6-7-17)10-2-1-3-10/h4-5,8,10,17H,1-3,6-7H2. The van der Waals surface area contributed by atoms with E-state index in [0.29, 0.717) is 4.47 Å². The molecule has 20 heavy (non-hydrogen) atoms. The molecule has 108 valence electrons. The highest BCUT2D eigenvalue weighted by Gasteiger charge is 2.29. The number of hydrogen-bond acceptors (Lipinski definition) is 4. The van der Waals surface area contributed by atoms with Gasteiger partial charge in [0, 0.05) is 24.2 Å². The monoisotopic (exact) mass is 342 g/mol. The molecular weight excluding hydrogens is 328 g/mol. The molecule has 1 fully saturated rings. The van der Waals surface area contributed by atoms with Gasteiger partial charge in [0.2, 0.25) is 0 Å². The second-order valence-electron chi connectivity index (χ2n) is 4.73. The Kier molecular flexibility index (Phi) is 4.72. The molecule has 0 bridgehead atoms. The van der Waals surface area contributed by atoms with E-state index >= 15 is 0 Å². The summed E-state index contributed by atoms with van der Waals surface area (Å²) in [5.41, 5.74) is 0.147. The van der Waals surface area contributed by atoms with Crippen LogP contribution in [0.3, 0.4) is 0 Å². The molecule has 1 aromatic rings. The van der Waals surface area contributed by atoms with Crippen molar-refractivity contribution in [3.8, 4) is 0 Å². The van der Waals surface area contributed by atoms with Crippen LogP contribution in [0.25, 0.3) is 0 Å². The molecule has 7 heteroatoms. The van der Waals surface area contributed by atoms with Crippen LogP contribution in [0.1, 0.15) is 29.6 Å². The van der Waals surface area contributed by atoms with Gasteiger partial charge in [-0.25, -0.2) is 0 Å². The number of amides is 1. The van der Waals surface area contributed by atoms with E-state index in [1.54, 1.807) is 11.0 Å². The number of benzene rings is 1. The number of carbonyl (C=O) groups excluding carboxylic acids is 1. The van der Waals surface area contributed by atoms with Crippen LogP contribution in [-0.2, 0) is 0 Å². The lowest BCUT2D eigenvalue weighted by Crippen LogP contribution is -2.45. The van der Waals surface area contributed by atoms with Gasteiger partial charge in [-0.3, -0.25) is 14.9 Å². The number of carbonyl (C=O) groups is 1. The molecule has 6 nitrogen and oxygen atoms in total. The van der Waals surface area contributed by atoms with Crippen molar-refractivity contribution in [2.75, 3.05) is 13.2 Å². The zero-order chi connectivity index (χ0) is 14.7. The first-order valence-corrected chi connectivity index (χ1v) is 7.19. The fraction of sp³-hybridized carbons (Fsp3) is 0.462. The van der Waals surface area contributed by atoms with E-state index in [4.69, 9.17) is 5.11 Å². The molecule has 2 rings (SSSR count). The Hall–Kier alpha value is -1.47. The highest BCUT2D eigenvalue weighted by molar-refractivity contribution is 9.10. The van der Waals surface area contributed by atoms with Gasteiger partial charge in [0.15, 0.2) is 0 Å². The number of halogens is 1. The van der Waals surface area contributed by atoms with Gasteiger partial charge in [-0.15, -0.1) is 0 Å². The van der Waals surface area contributed by atoms with Gasteiger partial charge in [0.25, 0.3) is 11.6 Å². The fourth-order valence-corrected chi connectivity index (χ4v) is 2.60. The van der Waals surface area contributed by atoms with Gasteiger partial charge in [0.1, 0.15) is 0 Å². The second-order valence-corrected chi connectivity index (χ2v) is 5.58. The van der Waals surface area contributed by atoms with E-state index in [9.17, 15) is 14.9 Å². The smallest absolute Gasteiger partial charge is 0.284 e. The summed E-state index contributed by atoms with van der Waals surface area (Å²) in [5.74, 6) is -0.264. The first kappa shape index (κ1) is 14.9. The number of rotatable bonds is 5. The molecule has 1 N–H and O–H groups in total. The quantitative estimate of drug-likeness (QED) is 0.657. The van der Waals surface area contributed by atoms with Crippen molar-refractivity contribution in [1.29, 1.82) is 0 Å². The predicted octanol–water partition coefficient (Wildman–Crippen LogP) is 2.34. The Morgan fingerprint density at radius 3 is 2.70 bits per heavy atom. The van der Waals surface area contributed by atoms with Gasteiger partial charge in [-0.2, -0.15) is 0 Å². The van der Waals surface area contributed by atoms with E-state index in [1.807, 2.05) is 0 Å². The second kappa shape index (κ2) is 6.32. The third-order valence-electron chi connectivity index (χ3n) is 3.51. The van der Waals surface area contributed by atoms with Gasteiger partial charge in [-0.1, -0.05) is 0 Å². The minimum atomic E-state index is -0.527. The molecule has 0 aromatic heterocycles.